The molecule has 0 spiro atoms. The summed E-state index contributed by atoms with van der Waals surface area (Å²) in [4.78, 5) is 22.0. The number of rotatable bonds is 7. The van der Waals surface area contributed by atoms with Crippen LogP contribution in [0.2, 0.25) is 0 Å². The van der Waals surface area contributed by atoms with Gasteiger partial charge in [0.05, 0.1) is 0 Å². The van der Waals surface area contributed by atoms with Crippen LogP contribution in [0.1, 0.15) is 28.9 Å². The monoisotopic (exact) mass is 318 g/mol. The van der Waals surface area contributed by atoms with Crippen molar-refractivity contribution in [1.82, 2.24) is 10.0 Å². The summed E-state index contributed by atoms with van der Waals surface area (Å²) in [6.07, 6.45) is 2.02. The van der Waals surface area contributed by atoms with E-state index < -0.39 is 16.0 Å². The zero-order valence-electron chi connectivity index (χ0n) is 10.5. The van der Waals surface area contributed by atoms with Crippen LogP contribution in [0.15, 0.2) is 16.3 Å². The molecule has 110 valence electrons. The minimum atomic E-state index is -3.76. The van der Waals surface area contributed by atoms with Gasteiger partial charge in [0.2, 0.25) is 15.9 Å². The molecule has 20 heavy (non-hydrogen) atoms. The van der Waals surface area contributed by atoms with Crippen LogP contribution >= 0.6 is 11.3 Å². The molecule has 3 N–H and O–H groups in total. The van der Waals surface area contributed by atoms with E-state index in [2.05, 4.69) is 10.0 Å². The Labute approximate surface area is 120 Å². The van der Waals surface area contributed by atoms with Gasteiger partial charge in [-0.1, -0.05) is 0 Å². The number of amides is 1. The molecule has 0 saturated heterocycles. The van der Waals surface area contributed by atoms with Crippen LogP contribution < -0.4 is 10.0 Å². The second-order valence-corrected chi connectivity index (χ2v) is 7.49. The second-order valence-electron chi connectivity index (χ2n) is 4.41. The van der Waals surface area contributed by atoms with E-state index in [9.17, 15) is 18.0 Å². The van der Waals surface area contributed by atoms with Gasteiger partial charge in [-0.15, -0.1) is 11.3 Å². The van der Waals surface area contributed by atoms with Gasteiger partial charge in [0.15, 0.2) is 0 Å². The lowest BCUT2D eigenvalue weighted by Crippen LogP contribution is -2.31. The lowest BCUT2D eigenvalue weighted by Gasteiger charge is -2.05. The van der Waals surface area contributed by atoms with Crippen molar-refractivity contribution in [3.05, 3.63) is 17.0 Å². The van der Waals surface area contributed by atoms with Crippen LogP contribution in [0.4, 0.5) is 0 Å². The topological polar surface area (TPSA) is 113 Å². The van der Waals surface area contributed by atoms with Crippen LogP contribution in [0.3, 0.4) is 0 Å². The molecule has 7 nitrogen and oxygen atoms in total. The average Bonchev–Trinajstić information content (AvgIpc) is 3.01. The fourth-order valence-corrected chi connectivity index (χ4v) is 3.70. The Kier molecular flexibility index (Phi) is 4.41. The lowest BCUT2D eigenvalue weighted by molar-refractivity contribution is -0.121. The van der Waals surface area contributed by atoms with Crippen molar-refractivity contribution >= 4 is 33.2 Å². The number of carboxylic acid groups (broad SMARTS) is 1. The Morgan fingerprint density at radius 3 is 2.60 bits per heavy atom. The van der Waals surface area contributed by atoms with E-state index in [1.807, 2.05) is 0 Å². The van der Waals surface area contributed by atoms with Gasteiger partial charge in [0.1, 0.15) is 9.09 Å². The fourth-order valence-electron chi connectivity index (χ4n) is 1.48. The summed E-state index contributed by atoms with van der Waals surface area (Å²) in [7, 11) is -3.76. The zero-order valence-corrected chi connectivity index (χ0v) is 12.1. The third-order valence-corrected chi connectivity index (χ3v) is 5.67. The van der Waals surface area contributed by atoms with E-state index in [0.29, 0.717) is 11.3 Å². The molecule has 1 heterocycles. The number of carboxylic acids is 1. The number of carbonyl (C=O) groups is 2. The summed E-state index contributed by atoms with van der Waals surface area (Å²) in [6, 6.07) is 2.72. The van der Waals surface area contributed by atoms with Crippen molar-refractivity contribution in [1.29, 1.82) is 0 Å². The molecule has 0 aliphatic heterocycles. The van der Waals surface area contributed by atoms with E-state index in [4.69, 9.17) is 5.11 Å². The maximum atomic E-state index is 11.9. The van der Waals surface area contributed by atoms with E-state index in [-0.39, 0.29) is 34.0 Å². The predicted octanol–water partition coefficient (Wildman–Crippen LogP) is 0.393. The van der Waals surface area contributed by atoms with Crippen molar-refractivity contribution < 1.29 is 23.1 Å². The Morgan fingerprint density at radius 2 is 2.05 bits per heavy atom. The second kappa shape index (κ2) is 5.90. The van der Waals surface area contributed by atoms with Crippen molar-refractivity contribution in [3.63, 3.8) is 0 Å². The molecule has 0 bridgehead atoms. The molecule has 0 unspecified atom stereocenters. The summed E-state index contributed by atoms with van der Waals surface area (Å²) >= 11 is 0.677. The summed E-state index contributed by atoms with van der Waals surface area (Å²) in [6.45, 7) is -0.0127. The minimum Gasteiger partial charge on any atom is -0.477 e. The first-order chi connectivity index (χ1) is 9.38. The van der Waals surface area contributed by atoms with E-state index >= 15 is 0 Å². The van der Waals surface area contributed by atoms with Gasteiger partial charge in [-0.3, -0.25) is 4.79 Å². The highest BCUT2D eigenvalue weighted by Crippen LogP contribution is 2.21. The fraction of sp³-hybridized carbons (Fsp3) is 0.455. The summed E-state index contributed by atoms with van der Waals surface area (Å²) < 4.78 is 25.9. The third kappa shape index (κ3) is 4.02. The first-order valence-corrected chi connectivity index (χ1v) is 8.30. The van der Waals surface area contributed by atoms with Gasteiger partial charge in [0, 0.05) is 19.0 Å². The highest BCUT2D eigenvalue weighted by Gasteiger charge is 2.23. The van der Waals surface area contributed by atoms with Gasteiger partial charge < -0.3 is 10.4 Å². The molecule has 0 aromatic carbocycles. The van der Waals surface area contributed by atoms with Crippen LogP contribution in [0.25, 0.3) is 0 Å². The predicted molar refractivity (Wildman–Crippen MR) is 72.2 cm³/mol. The van der Waals surface area contributed by atoms with Gasteiger partial charge in [-0.05, 0) is 25.0 Å². The molecule has 1 aromatic heterocycles. The van der Waals surface area contributed by atoms with Gasteiger partial charge in [-0.25, -0.2) is 17.9 Å². The number of carbonyl (C=O) groups excluding carboxylic acids is 1. The van der Waals surface area contributed by atoms with Crippen molar-refractivity contribution in [2.24, 2.45) is 0 Å². The standard InChI is InChI=1S/C11H14N2O5S2/c14-9(13-7-1-2-7)5-6-12-20(17,18)10-4-3-8(19-10)11(15)16/h3-4,7,12H,1-2,5-6H2,(H,13,14)(H,15,16). The number of aromatic carboxylic acids is 1. The van der Waals surface area contributed by atoms with Crippen molar-refractivity contribution in [2.75, 3.05) is 6.54 Å². The first-order valence-electron chi connectivity index (χ1n) is 6.00. The van der Waals surface area contributed by atoms with Crippen molar-refractivity contribution in [2.45, 2.75) is 29.5 Å². The maximum absolute atomic E-state index is 11.9. The molecule has 9 heteroatoms. The van der Waals surface area contributed by atoms with Crippen LogP contribution in [-0.4, -0.2) is 38.0 Å². The van der Waals surface area contributed by atoms with Crippen LogP contribution in [0.5, 0.6) is 0 Å². The summed E-state index contributed by atoms with van der Waals surface area (Å²) in [5.74, 6) is -1.35. The third-order valence-electron chi connectivity index (χ3n) is 2.64. The Bertz CT molecular complexity index is 619. The van der Waals surface area contributed by atoms with E-state index in [0.717, 1.165) is 12.8 Å². The normalized spacial score (nSPS) is 15.0. The van der Waals surface area contributed by atoms with Gasteiger partial charge in [0.25, 0.3) is 0 Å². The zero-order chi connectivity index (χ0) is 14.8. The summed E-state index contributed by atoms with van der Waals surface area (Å²) in [5.41, 5.74) is 0. The molecule has 1 amide bonds. The number of thiophene rings is 1. The largest absolute Gasteiger partial charge is 0.477 e. The molecular weight excluding hydrogens is 304 g/mol. The van der Waals surface area contributed by atoms with Crippen molar-refractivity contribution in [3.8, 4) is 0 Å². The van der Waals surface area contributed by atoms with Gasteiger partial charge in [-0.2, -0.15) is 0 Å². The highest BCUT2D eigenvalue weighted by atomic mass is 32.2. The quantitative estimate of drug-likeness (QED) is 0.673. The number of hydrogen-bond acceptors (Lipinski definition) is 5. The average molecular weight is 318 g/mol. The molecule has 0 radical (unpaired) electrons. The first kappa shape index (κ1) is 14.9. The smallest absolute Gasteiger partial charge is 0.345 e. The Hall–Kier alpha value is -1.45. The molecule has 1 aromatic rings. The van der Waals surface area contributed by atoms with E-state index in [1.54, 1.807) is 0 Å². The SMILES string of the molecule is O=C(CCNS(=O)(=O)c1ccc(C(=O)O)s1)NC1CC1. The molecule has 0 atom stereocenters. The molecule has 2 rings (SSSR count). The van der Waals surface area contributed by atoms with Gasteiger partial charge >= 0.3 is 5.97 Å². The lowest BCUT2D eigenvalue weighted by atomic mass is 10.4. The van der Waals surface area contributed by atoms with Crippen LogP contribution in [-0.2, 0) is 14.8 Å². The minimum absolute atomic E-state index is 0.0127. The van der Waals surface area contributed by atoms with Crippen LogP contribution in [0, 0.1) is 0 Å². The molecule has 1 aliphatic rings. The molecule has 1 saturated carbocycles. The number of hydrogen-bond donors (Lipinski definition) is 3. The molecular formula is C11H14N2O5S2. The molecule has 1 fully saturated rings. The Balaban J connectivity index is 1.86. The maximum Gasteiger partial charge on any atom is 0.345 e. The molecule has 1 aliphatic carbocycles. The number of nitrogens with one attached hydrogen (secondary N) is 2. The Morgan fingerprint density at radius 1 is 1.35 bits per heavy atom. The highest BCUT2D eigenvalue weighted by molar-refractivity contribution is 7.91. The number of sulfonamides is 1. The van der Waals surface area contributed by atoms with E-state index in [1.165, 1.54) is 12.1 Å². The summed E-state index contributed by atoms with van der Waals surface area (Å²) in [5, 5.41) is 11.5.